The summed E-state index contributed by atoms with van der Waals surface area (Å²) in [5.41, 5.74) is 8.41. The minimum Gasteiger partial charge on any atom is -0.361 e. The van der Waals surface area contributed by atoms with Crippen molar-refractivity contribution in [1.82, 2.24) is 5.16 Å². The van der Waals surface area contributed by atoms with E-state index >= 15 is 0 Å². The second-order valence-electron chi connectivity index (χ2n) is 3.68. The summed E-state index contributed by atoms with van der Waals surface area (Å²) < 4.78 is 5.18. The largest absolute Gasteiger partial charge is 0.361 e. The smallest absolute Gasteiger partial charge is 0.138 e. The van der Waals surface area contributed by atoms with Gasteiger partial charge < -0.3 is 10.3 Å². The standard InChI is InChI=1S/C12H13ClN2O/c1-8-6-9(13)2-3-11(8)12-7-10(4-5-14)16-15-12/h2-3,6-7H,4-5,14H2,1H3. The molecule has 0 aliphatic carbocycles. The number of hydrogen-bond donors (Lipinski definition) is 1. The molecule has 0 fully saturated rings. The van der Waals surface area contributed by atoms with E-state index in [9.17, 15) is 0 Å². The van der Waals surface area contributed by atoms with Crippen LogP contribution in [0, 0.1) is 6.92 Å². The van der Waals surface area contributed by atoms with Crippen LogP contribution in [0.2, 0.25) is 5.02 Å². The van der Waals surface area contributed by atoms with Gasteiger partial charge in [0.05, 0.1) is 0 Å². The molecule has 0 radical (unpaired) electrons. The summed E-state index contributed by atoms with van der Waals surface area (Å²) in [6.45, 7) is 2.56. The van der Waals surface area contributed by atoms with Crippen LogP contribution in [0.4, 0.5) is 0 Å². The van der Waals surface area contributed by atoms with Crippen LogP contribution >= 0.6 is 11.6 Å². The third kappa shape index (κ3) is 2.26. The van der Waals surface area contributed by atoms with Crippen LogP contribution in [-0.4, -0.2) is 11.7 Å². The van der Waals surface area contributed by atoms with Gasteiger partial charge in [-0.2, -0.15) is 0 Å². The van der Waals surface area contributed by atoms with E-state index in [0.29, 0.717) is 13.0 Å². The number of aromatic nitrogens is 1. The van der Waals surface area contributed by atoms with E-state index in [4.69, 9.17) is 21.9 Å². The van der Waals surface area contributed by atoms with E-state index in [0.717, 1.165) is 27.6 Å². The number of halogens is 1. The predicted octanol–water partition coefficient (Wildman–Crippen LogP) is 2.80. The highest BCUT2D eigenvalue weighted by atomic mass is 35.5. The molecule has 0 atom stereocenters. The van der Waals surface area contributed by atoms with Crippen molar-refractivity contribution in [3.05, 3.63) is 40.6 Å². The Kier molecular flexibility index (Phi) is 3.27. The molecular weight excluding hydrogens is 224 g/mol. The van der Waals surface area contributed by atoms with Gasteiger partial charge in [0.25, 0.3) is 0 Å². The summed E-state index contributed by atoms with van der Waals surface area (Å²) in [5, 5.41) is 4.75. The van der Waals surface area contributed by atoms with Crippen molar-refractivity contribution in [3.8, 4) is 11.3 Å². The van der Waals surface area contributed by atoms with Crippen molar-refractivity contribution in [1.29, 1.82) is 0 Å². The molecule has 0 aliphatic heterocycles. The Bertz CT molecular complexity index is 494. The molecule has 16 heavy (non-hydrogen) atoms. The molecule has 4 heteroatoms. The first-order valence-corrected chi connectivity index (χ1v) is 5.50. The molecule has 0 aliphatic rings. The highest BCUT2D eigenvalue weighted by Gasteiger charge is 2.08. The van der Waals surface area contributed by atoms with Gasteiger partial charge in [-0.25, -0.2) is 0 Å². The number of aryl methyl sites for hydroxylation is 1. The number of nitrogens with zero attached hydrogens (tertiary/aromatic N) is 1. The summed E-state index contributed by atoms with van der Waals surface area (Å²) in [4.78, 5) is 0. The molecule has 84 valence electrons. The van der Waals surface area contributed by atoms with Crippen molar-refractivity contribution < 1.29 is 4.52 Å². The average Bonchev–Trinajstić information content (AvgIpc) is 2.67. The normalized spacial score (nSPS) is 10.7. The summed E-state index contributed by atoms with van der Waals surface area (Å²) >= 11 is 5.90. The molecule has 0 bridgehead atoms. The molecule has 1 aromatic carbocycles. The van der Waals surface area contributed by atoms with E-state index < -0.39 is 0 Å². The molecule has 0 amide bonds. The second kappa shape index (κ2) is 4.68. The molecule has 0 unspecified atom stereocenters. The quantitative estimate of drug-likeness (QED) is 0.892. The van der Waals surface area contributed by atoms with Crippen LogP contribution < -0.4 is 5.73 Å². The maximum Gasteiger partial charge on any atom is 0.138 e. The molecule has 0 saturated carbocycles. The number of hydrogen-bond acceptors (Lipinski definition) is 3. The number of benzene rings is 1. The van der Waals surface area contributed by atoms with Crippen molar-refractivity contribution in [3.63, 3.8) is 0 Å². The first-order valence-electron chi connectivity index (χ1n) is 5.13. The number of rotatable bonds is 3. The first-order chi connectivity index (χ1) is 7.70. The third-order valence-electron chi connectivity index (χ3n) is 2.41. The zero-order chi connectivity index (χ0) is 11.5. The van der Waals surface area contributed by atoms with Crippen molar-refractivity contribution >= 4 is 11.6 Å². The van der Waals surface area contributed by atoms with E-state index in [-0.39, 0.29) is 0 Å². The zero-order valence-corrected chi connectivity index (χ0v) is 9.79. The summed E-state index contributed by atoms with van der Waals surface area (Å²) in [7, 11) is 0. The lowest BCUT2D eigenvalue weighted by molar-refractivity contribution is 0.386. The molecule has 1 aromatic heterocycles. The molecule has 1 heterocycles. The van der Waals surface area contributed by atoms with Crippen LogP contribution in [0.25, 0.3) is 11.3 Å². The fraction of sp³-hybridized carbons (Fsp3) is 0.250. The van der Waals surface area contributed by atoms with Gasteiger partial charge in [-0.1, -0.05) is 22.8 Å². The maximum absolute atomic E-state index is 5.90. The van der Waals surface area contributed by atoms with E-state index in [1.54, 1.807) is 0 Å². The summed E-state index contributed by atoms with van der Waals surface area (Å²) in [6.07, 6.45) is 0.708. The second-order valence-corrected chi connectivity index (χ2v) is 4.11. The molecular formula is C12H13ClN2O. The van der Waals surface area contributed by atoms with Crippen LogP contribution in [0.1, 0.15) is 11.3 Å². The highest BCUT2D eigenvalue weighted by molar-refractivity contribution is 6.30. The Balaban J connectivity index is 2.35. The third-order valence-corrected chi connectivity index (χ3v) is 2.65. The van der Waals surface area contributed by atoms with Gasteiger partial charge in [0.1, 0.15) is 11.5 Å². The Morgan fingerprint density at radius 3 is 2.88 bits per heavy atom. The van der Waals surface area contributed by atoms with Gasteiger partial charge in [-0.05, 0) is 31.2 Å². The lowest BCUT2D eigenvalue weighted by Gasteiger charge is -2.01. The predicted molar refractivity (Wildman–Crippen MR) is 64.4 cm³/mol. The van der Waals surface area contributed by atoms with Gasteiger partial charge >= 0.3 is 0 Å². The summed E-state index contributed by atoms with van der Waals surface area (Å²) in [6, 6.07) is 7.63. The summed E-state index contributed by atoms with van der Waals surface area (Å²) in [5.74, 6) is 0.812. The fourth-order valence-electron chi connectivity index (χ4n) is 1.61. The minimum absolute atomic E-state index is 0.564. The van der Waals surface area contributed by atoms with Crippen LogP contribution in [0.15, 0.2) is 28.8 Å². The number of nitrogens with two attached hydrogens (primary N) is 1. The Morgan fingerprint density at radius 2 is 2.19 bits per heavy atom. The Labute approximate surface area is 99.2 Å². The molecule has 2 rings (SSSR count). The Hall–Kier alpha value is -1.32. The molecule has 0 saturated heterocycles. The van der Waals surface area contributed by atoms with Gasteiger partial charge in [0.15, 0.2) is 0 Å². The van der Waals surface area contributed by atoms with Crippen LogP contribution in [0.5, 0.6) is 0 Å². The van der Waals surface area contributed by atoms with Gasteiger partial charge in [-0.15, -0.1) is 0 Å². The maximum atomic E-state index is 5.90. The van der Waals surface area contributed by atoms with E-state index in [1.165, 1.54) is 0 Å². The van der Waals surface area contributed by atoms with Gasteiger partial charge in [0.2, 0.25) is 0 Å². The van der Waals surface area contributed by atoms with Crippen molar-refractivity contribution in [2.45, 2.75) is 13.3 Å². The molecule has 3 nitrogen and oxygen atoms in total. The van der Waals surface area contributed by atoms with Gasteiger partial charge in [-0.3, -0.25) is 0 Å². The van der Waals surface area contributed by atoms with Gasteiger partial charge in [0, 0.05) is 23.1 Å². The lowest BCUT2D eigenvalue weighted by atomic mass is 10.1. The first kappa shape index (κ1) is 11.2. The van der Waals surface area contributed by atoms with E-state index in [2.05, 4.69) is 5.16 Å². The topological polar surface area (TPSA) is 52.0 Å². The fourth-order valence-corrected chi connectivity index (χ4v) is 1.84. The van der Waals surface area contributed by atoms with Crippen molar-refractivity contribution in [2.75, 3.05) is 6.54 Å². The average molecular weight is 237 g/mol. The lowest BCUT2D eigenvalue weighted by Crippen LogP contribution is -2.01. The van der Waals surface area contributed by atoms with E-state index in [1.807, 2.05) is 31.2 Å². The minimum atomic E-state index is 0.564. The Morgan fingerprint density at radius 1 is 1.38 bits per heavy atom. The van der Waals surface area contributed by atoms with Crippen LogP contribution in [0.3, 0.4) is 0 Å². The van der Waals surface area contributed by atoms with Crippen molar-refractivity contribution in [2.24, 2.45) is 5.73 Å². The zero-order valence-electron chi connectivity index (χ0n) is 9.03. The monoisotopic (exact) mass is 236 g/mol. The highest BCUT2D eigenvalue weighted by Crippen LogP contribution is 2.25. The molecule has 0 spiro atoms. The van der Waals surface area contributed by atoms with Crippen LogP contribution in [-0.2, 0) is 6.42 Å². The molecule has 2 N–H and O–H groups in total. The molecule has 2 aromatic rings. The SMILES string of the molecule is Cc1cc(Cl)ccc1-c1cc(CCN)on1.